The summed E-state index contributed by atoms with van der Waals surface area (Å²) in [6.45, 7) is 1.96. The number of halogens is 4. The summed E-state index contributed by atoms with van der Waals surface area (Å²) in [5.74, 6) is 0.835. The van der Waals surface area contributed by atoms with Crippen LogP contribution in [0.25, 0.3) is 11.4 Å². The Morgan fingerprint density at radius 1 is 1.03 bits per heavy atom. The molecule has 2 aromatic heterocycles. The van der Waals surface area contributed by atoms with E-state index in [2.05, 4.69) is 58.4 Å². The Balaban J connectivity index is 0.00000195. The molecule has 0 spiro atoms. The van der Waals surface area contributed by atoms with E-state index in [-0.39, 0.29) is 42.7 Å². The normalized spacial score (nSPS) is 10.8. The van der Waals surface area contributed by atoms with E-state index in [1.54, 1.807) is 13.0 Å². The Kier molecular flexibility index (Phi) is 10.4. The number of amides is 1. The van der Waals surface area contributed by atoms with Crippen LogP contribution in [0.2, 0.25) is 0 Å². The average Bonchev–Trinajstić information content (AvgIpc) is 3.33. The minimum atomic E-state index is -4.59. The summed E-state index contributed by atoms with van der Waals surface area (Å²) < 4.78 is 46.0. The summed E-state index contributed by atoms with van der Waals surface area (Å²) in [6.07, 6.45) is -4.99. The lowest BCUT2D eigenvalue weighted by Gasteiger charge is -2.14. The molecule has 0 aliphatic rings. The first kappa shape index (κ1) is 28.8. The van der Waals surface area contributed by atoms with Gasteiger partial charge in [0.25, 0.3) is 0 Å². The number of alkyl carbamates (subject to hydrolysis) is 1. The van der Waals surface area contributed by atoms with E-state index in [9.17, 15) is 18.0 Å². The van der Waals surface area contributed by atoms with Gasteiger partial charge in [-0.15, -0.1) is 5.10 Å². The molecule has 0 saturated carbocycles. The van der Waals surface area contributed by atoms with Crippen molar-refractivity contribution in [3.05, 3.63) is 83.3 Å². The van der Waals surface area contributed by atoms with E-state index in [0.717, 1.165) is 11.6 Å². The fraction of sp³-hybridized carbons (Fsp3) is 0.240. The minimum Gasteiger partial charge on any atom is -0.445 e. The number of carbonyl (C=O) groups excluding carboxylic acids is 1. The lowest BCUT2D eigenvalue weighted by molar-refractivity contribution is -0.137. The number of benzene rings is 2. The smallest absolute Gasteiger partial charge is 0.417 e. The molecule has 3 N–H and O–H groups in total. The molecule has 200 valence electrons. The summed E-state index contributed by atoms with van der Waals surface area (Å²) in [7, 11) is 0. The molecule has 0 radical (unpaired) electrons. The molecule has 2 heterocycles. The fourth-order valence-corrected chi connectivity index (χ4v) is 3.32. The number of aromatic amines is 1. The van der Waals surface area contributed by atoms with Gasteiger partial charge in [0.05, 0.1) is 5.56 Å². The van der Waals surface area contributed by atoms with Gasteiger partial charge in [-0.3, -0.25) is 5.10 Å². The van der Waals surface area contributed by atoms with Crippen LogP contribution in [-0.4, -0.2) is 42.7 Å². The predicted molar refractivity (Wildman–Crippen MR) is 145 cm³/mol. The molecule has 2 aromatic carbocycles. The van der Waals surface area contributed by atoms with Crippen molar-refractivity contribution in [2.24, 2.45) is 0 Å². The highest BCUT2D eigenvalue weighted by molar-refractivity contribution is 14.1. The van der Waals surface area contributed by atoms with Gasteiger partial charge < -0.3 is 15.4 Å². The third kappa shape index (κ3) is 8.39. The van der Waals surface area contributed by atoms with Crippen LogP contribution in [0.3, 0.4) is 0 Å². The first-order valence-corrected chi connectivity index (χ1v) is 13.5. The first-order chi connectivity index (χ1) is 18.3. The van der Waals surface area contributed by atoms with E-state index in [1.807, 2.05) is 35.3 Å². The molecule has 0 aliphatic heterocycles. The zero-order chi connectivity index (χ0) is 27.5. The van der Waals surface area contributed by atoms with Gasteiger partial charge in [-0.2, -0.15) is 18.2 Å². The van der Waals surface area contributed by atoms with Gasteiger partial charge in [0.1, 0.15) is 18.2 Å². The number of anilines is 2. The van der Waals surface area contributed by atoms with Crippen molar-refractivity contribution in [3.8, 4) is 11.4 Å². The van der Waals surface area contributed by atoms with Crippen LogP contribution in [-0.2, 0) is 23.9 Å². The van der Waals surface area contributed by atoms with Gasteiger partial charge in [-0.25, -0.2) is 14.8 Å². The maximum Gasteiger partial charge on any atom is 0.417 e. The van der Waals surface area contributed by atoms with Gasteiger partial charge in [0.2, 0.25) is 5.95 Å². The van der Waals surface area contributed by atoms with E-state index in [4.69, 9.17) is 4.74 Å². The quantitative estimate of drug-likeness (QED) is 0.164. The predicted octanol–water partition coefficient (Wildman–Crippen LogP) is 5.85. The molecular weight excluding hydrogens is 614 g/mol. The molecule has 13 heteroatoms. The highest BCUT2D eigenvalue weighted by atomic mass is 127. The monoisotopic (exact) mass is 639 g/mol. The van der Waals surface area contributed by atoms with E-state index >= 15 is 0 Å². The molecule has 0 fully saturated rings. The largest absolute Gasteiger partial charge is 0.445 e. The highest BCUT2D eigenvalue weighted by Crippen LogP contribution is 2.36. The summed E-state index contributed by atoms with van der Waals surface area (Å²) in [6, 6.07) is 15.8. The van der Waals surface area contributed by atoms with Crippen molar-refractivity contribution in [2.45, 2.75) is 26.1 Å². The summed E-state index contributed by atoms with van der Waals surface area (Å²) >= 11 is 2.15. The number of hydrogen-bond donors (Lipinski definition) is 3. The molecule has 38 heavy (non-hydrogen) atoms. The van der Waals surface area contributed by atoms with Crippen molar-refractivity contribution in [3.63, 3.8) is 0 Å². The zero-order valence-electron chi connectivity index (χ0n) is 20.5. The van der Waals surface area contributed by atoms with Gasteiger partial charge in [0.15, 0.2) is 5.82 Å². The number of carbonyl (C=O) groups is 1. The molecule has 9 nitrogen and oxygen atoms in total. The summed E-state index contributed by atoms with van der Waals surface area (Å²) in [5, 5.41) is 12.1. The third-order valence-electron chi connectivity index (χ3n) is 4.95. The van der Waals surface area contributed by atoms with Crippen LogP contribution in [0.5, 0.6) is 0 Å². The Morgan fingerprint density at radius 3 is 2.42 bits per heavy atom. The van der Waals surface area contributed by atoms with Gasteiger partial charge in [0, 0.05) is 30.3 Å². The Hall–Kier alpha value is -3.75. The number of aromatic nitrogens is 5. The van der Waals surface area contributed by atoms with E-state index in [0.29, 0.717) is 11.5 Å². The van der Waals surface area contributed by atoms with E-state index < -0.39 is 17.8 Å². The van der Waals surface area contributed by atoms with Gasteiger partial charge >= 0.3 is 12.3 Å². The van der Waals surface area contributed by atoms with Crippen LogP contribution in [0.15, 0.2) is 60.7 Å². The van der Waals surface area contributed by atoms with Crippen molar-refractivity contribution in [2.75, 3.05) is 16.8 Å². The molecule has 0 saturated heterocycles. The SMILES string of the molecule is CI.Cc1nc(Nc2cc(CCNC(=O)OCc3ccccc3)nc(-c3ccccc3C(F)(F)F)n2)n[nH]1. The number of ether oxygens (including phenoxy) is 1. The number of nitrogens with one attached hydrogen (secondary N) is 3. The second-order valence-corrected chi connectivity index (χ2v) is 7.72. The average molecular weight is 639 g/mol. The molecule has 0 bridgehead atoms. The standard InChI is InChI=1S/C24H22F3N7O2.CH3I/c1-15-29-22(34-33-15)32-20-13-17(11-12-28-23(35)36-14-16-7-3-2-4-8-16)30-21(31-20)18-9-5-6-10-19(18)24(25,26)27;1-2/h2-10,13H,11-12,14H2,1H3,(H,28,35)(H2,29,30,31,32,33,34);1H3. The first-order valence-electron chi connectivity index (χ1n) is 11.3. The molecule has 0 aliphatic carbocycles. The molecule has 0 atom stereocenters. The zero-order valence-corrected chi connectivity index (χ0v) is 22.7. The summed E-state index contributed by atoms with van der Waals surface area (Å²) in [4.78, 5) is 26.7. The van der Waals surface area contributed by atoms with Crippen LogP contribution in [0.4, 0.5) is 29.7 Å². The lowest BCUT2D eigenvalue weighted by atomic mass is 10.1. The summed E-state index contributed by atoms with van der Waals surface area (Å²) in [5.41, 5.74) is 0.213. The third-order valence-corrected chi connectivity index (χ3v) is 4.95. The maximum absolute atomic E-state index is 13.6. The van der Waals surface area contributed by atoms with Crippen LogP contribution in [0, 0.1) is 6.92 Å². The van der Waals surface area contributed by atoms with Gasteiger partial charge in [-0.1, -0.05) is 71.1 Å². The van der Waals surface area contributed by atoms with Crippen LogP contribution < -0.4 is 10.6 Å². The van der Waals surface area contributed by atoms with Crippen molar-refractivity contribution in [1.82, 2.24) is 30.5 Å². The second kappa shape index (κ2) is 13.7. The van der Waals surface area contributed by atoms with Crippen LogP contribution in [0.1, 0.15) is 22.6 Å². The fourth-order valence-electron chi connectivity index (χ4n) is 3.32. The number of hydrogen-bond acceptors (Lipinski definition) is 7. The Bertz CT molecular complexity index is 1330. The molecule has 4 aromatic rings. The molecule has 4 rings (SSSR count). The Morgan fingerprint density at radius 2 is 1.74 bits per heavy atom. The van der Waals surface area contributed by atoms with Crippen molar-refractivity contribution < 1.29 is 22.7 Å². The number of nitrogens with zero attached hydrogens (tertiary/aromatic N) is 4. The minimum absolute atomic E-state index is 0.114. The number of rotatable bonds is 8. The number of aryl methyl sites for hydroxylation is 1. The topological polar surface area (TPSA) is 118 Å². The lowest BCUT2D eigenvalue weighted by Crippen LogP contribution is -2.26. The van der Waals surface area contributed by atoms with E-state index in [1.165, 1.54) is 18.2 Å². The maximum atomic E-state index is 13.6. The van der Waals surface area contributed by atoms with Gasteiger partial charge in [-0.05, 0) is 23.5 Å². The number of H-pyrrole nitrogens is 1. The Labute approximate surface area is 230 Å². The van der Waals surface area contributed by atoms with Crippen molar-refractivity contribution in [1.29, 1.82) is 0 Å². The molecule has 1 amide bonds. The van der Waals surface area contributed by atoms with Crippen LogP contribution >= 0.6 is 22.6 Å². The molecule has 0 unspecified atom stereocenters. The number of alkyl halides is 4. The second-order valence-electron chi connectivity index (χ2n) is 7.72. The van der Waals surface area contributed by atoms with Crippen molar-refractivity contribution >= 4 is 40.5 Å². The highest BCUT2D eigenvalue weighted by Gasteiger charge is 2.34. The molecular formula is C25H25F3IN7O2.